The Morgan fingerprint density at radius 1 is 1.03 bits per heavy atom. The van der Waals surface area contributed by atoms with Gasteiger partial charge < -0.3 is 19.7 Å². The number of amides is 3. The summed E-state index contributed by atoms with van der Waals surface area (Å²) >= 11 is 0.834. The maximum Gasteiger partial charge on any atom is 0.294 e. The standard InChI is InChI=1S/C27H25N3O5S/c1-34-23-11-10-18(19-6-2-3-7-20(19)23)16-24-26(32)30(27(33)36-24)17-25(31)28-21-8-4-5-9-22(21)29-12-14-35-15-13-29/h2-11,16H,12-15,17H2,1H3,(H,28,31)/b24-16+. The Labute approximate surface area is 212 Å². The van der Waals surface area contributed by atoms with Gasteiger partial charge in [0.1, 0.15) is 12.3 Å². The lowest BCUT2D eigenvalue weighted by molar-refractivity contribution is -0.127. The normalized spacial score (nSPS) is 17.2. The van der Waals surface area contributed by atoms with Gasteiger partial charge in [0, 0.05) is 18.5 Å². The van der Waals surface area contributed by atoms with Gasteiger partial charge >= 0.3 is 0 Å². The molecule has 0 aromatic heterocycles. The Hall–Kier alpha value is -3.82. The number of nitrogens with one attached hydrogen (secondary N) is 1. The van der Waals surface area contributed by atoms with E-state index in [-0.39, 0.29) is 11.4 Å². The molecule has 5 rings (SSSR count). The number of benzene rings is 3. The zero-order chi connectivity index (χ0) is 25.1. The highest BCUT2D eigenvalue weighted by molar-refractivity contribution is 8.18. The minimum Gasteiger partial charge on any atom is -0.496 e. The lowest BCUT2D eigenvalue weighted by Crippen LogP contribution is -2.38. The lowest BCUT2D eigenvalue weighted by atomic mass is 10.0. The SMILES string of the molecule is COc1ccc(/C=C2/SC(=O)N(CC(=O)Nc3ccccc3N3CCOCC3)C2=O)c2ccccc12. The number of methoxy groups -OCH3 is 1. The minimum atomic E-state index is -0.485. The molecule has 0 atom stereocenters. The Morgan fingerprint density at radius 3 is 2.53 bits per heavy atom. The number of imide groups is 1. The van der Waals surface area contributed by atoms with Gasteiger partial charge in [0.2, 0.25) is 5.91 Å². The van der Waals surface area contributed by atoms with Crippen LogP contribution in [-0.4, -0.2) is 61.9 Å². The van der Waals surface area contributed by atoms with Crippen LogP contribution in [-0.2, 0) is 14.3 Å². The van der Waals surface area contributed by atoms with Gasteiger partial charge in [0.15, 0.2) is 0 Å². The van der Waals surface area contributed by atoms with Crippen molar-refractivity contribution in [2.24, 2.45) is 0 Å². The molecule has 0 spiro atoms. The first kappa shape index (κ1) is 23.9. The largest absolute Gasteiger partial charge is 0.496 e. The predicted octanol–water partition coefficient (Wildman–Crippen LogP) is 4.36. The van der Waals surface area contributed by atoms with Crippen LogP contribution in [0.25, 0.3) is 16.8 Å². The molecule has 0 aliphatic carbocycles. The second kappa shape index (κ2) is 10.4. The van der Waals surface area contributed by atoms with Crippen molar-refractivity contribution in [3.8, 4) is 5.75 Å². The fourth-order valence-electron chi connectivity index (χ4n) is 4.37. The number of carbonyl (C=O) groups excluding carboxylic acids is 3. The van der Waals surface area contributed by atoms with Crippen LogP contribution in [0.4, 0.5) is 16.2 Å². The van der Waals surface area contributed by atoms with Gasteiger partial charge in [-0.3, -0.25) is 19.3 Å². The third kappa shape index (κ3) is 4.80. The predicted molar refractivity (Wildman–Crippen MR) is 141 cm³/mol. The zero-order valence-corrected chi connectivity index (χ0v) is 20.5. The summed E-state index contributed by atoms with van der Waals surface area (Å²) in [5, 5.41) is 4.21. The molecule has 184 valence electrons. The van der Waals surface area contributed by atoms with E-state index in [4.69, 9.17) is 9.47 Å². The summed E-state index contributed by atoms with van der Waals surface area (Å²) < 4.78 is 10.9. The highest BCUT2D eigenvalue weighted by atomic mass is 32.2. The number of para-hydroxylation sites is 2. The summed E-state index contributed by atoms with van der Waals surface area (Å²) in [6.07, 6.45) is 1.69. The number of thioether (sulfide) groups is 1. The van der Waals surface area contributed by atoms with Crippen molar-refractivity contribution < 1.29 is 23.9 Å². The van der Waals surface area contributed by atoms with E-state index in [2.05, 4.69) is 10.2 Å². The number of hydrogen-bond acceptors (Lipinski definition) is 7. The second-order valence-corrected chi connectivity index (χ2v) is 9.33. The molecule has 0 radical (unpaired) electrons. The first-order valence-corrected chi connectivity index (χ1v) is 12.4. The van der Waals surface area contributed by atoms with E-state index in [9.17, 15) is 14.4 Å². The third-order valence-electron chi connectivity index (χ3n) is 6.13. The van der Waals surface area contributed by atoms with Gasteiger partial charge in [0.25, 0.3) is 11.1 Å². The molecule has 1 N–H and O–H groups in total. The average molecular weight is 504 g/mol. The highest BCUT2D eigenvalue weighted by Gasteiger charge is 2.36. The van der Waals surface area contributed by atoms with Gasteiger partial charge in [-0.15, -0.1) is 0 Å². The van der Waals surface area contributed by atoms with Gasteiger partial charge in [-0.25, -0.2) is 0 Å². The van der Waals surface area contributed by atoms with Crippen LogP contribution in [0, 0.1) is 0 Å². The number of carbonyl (C=O) groups is 3. The Balaban J connectivity index is 1.33. The maximum absolute atomic E-state index is 13.1. The maximum atomic E-state index is 13.1. The molecule has 2 aliphatic heterocycles. The average Bonchev–Trinajstić information content (AvgIpc) is 3.17. The molecular weight excluding hydrogens is 478 g/mol. The zero-order valence-electron chi connectivity index (χ0n) is 19.7. The number of fused-ring (bicyclic) bond motifs is 1. The molecule has 0 bridgehead atoms. The van der Waals surface area contributed by atoms with E-state index in [0.717, 1.165) is 57.5 Å². The van der Waals surface area contributed by atoms with E-state index in [1.54, 1.807) is 13.2 Å². The van der Waals surface area contributed by atoms with Crippen LogP contribution in [0.3, 0.4) is 0 Å². The van der Waals surface area contributed by atoms with Gasteiger partial charge in [0.05, 0.1) is 36.6 Å². The molecule has 2 heterocycles. The van der Waals surface area contributed by atoms with Crippen molar-refractivity contribution in [2.45, 2.75) is 0 Å². The van der Waals surface area contributed by atoms with Gasteiger partial charge in [-0.1, -0.05) is 42.5 Å². The number of anilines is 2. The second-order valence-electron chi connectivity index (χ2n) is 8.34. The molecule has 0 saturated carbocycles. The third-order valence-corrected chi connectivity index (χ3v) is 7.04. The fraction of sp³-hybridized carbons (Fsp3) is 0.222. The molecule has 0 unspecified atom stereocenters. The van der Waals surface area contributed by atoms with Crippen LogP contribution >= 0.6 is 11.8 Å². The van der Waals surface area contributed by atoms with Crippen LogP contribution in [0.15, 0.2) is 65.6 Å². The van der Waals surface area contributed by atoms with Crippen molar-refractivity contribution in [1.29, 1.82) is 0 Å². The number of ether oxygens (including phenoxy) is 2. The molecule has 2 aliphatic rings. The first-order chi connectivity index (χ1) is 17.5. The fourth-order valence-corrected chi connectivity index (χ4v) is 5.20. The molecule has 3 aromatic carbocycles. The molecule has 9 heteroatoms. The van der Waals surface area contributed by atoms with Crippen molar-refractivity contribution in [3.63, 3.8) is 0 Å². The Bertz CT molecular complexity index is 1370. The summed E-state index contributed by atoms with van der Waals surface area (Å²) in [4.78, 5) is 42.0. The summed E-state index contributed by atoms with van der Waals surface area (Å²) in [7, 11) is 1.61. The first-order valence-electron chi connectivity index (χ1n) is 11.6. The number of nitrogens with zero attached hydrogens (tertiary/aromatic N) is 2. The summed E-state index contributed by atoms with van der Waals surface area (Å²) in [5.41, 5.74) is 2.31. The van der Waals surface area contributed by atoms with E-state index in [0.29, 0.717) is 18.9 Å². The van der Waals surface area contributed by atoms with Crippen LogP contribution < -0.4 is 15.0 Å². The molecular formula is C27H25N3O5S. The van der Waals surface area contributed by atoms with E-state index >= 15 is 0 Å². The monoisotopic (exact) mass is 503 g/mol. The Morgan fingerprint density at radius 2 is 1.75 bits per heavy atom. The minimum absolute atomic E-state index is 0.275. The summed E-state index contributed by atoms with van der Waals surface area (Å²) in [6.45, 7) is 2.33. The summed E-state index contributed by atoms with van der Waals surface area (Å²) in [5.74, 6) is -0.194. The number of rotatable bonds is 6. The highest BCUT2D eigenvalue weighted by Crippen LogP contribution is 2.35. The van der Waals surface area contributed by atoms with Crippen molar-refractivity contribution in [1.82, 2.24) is 4.90 Å². The molecule has 36 heavy (non-hydrogen) atoms. The molecule has 2 saturated heterocycles. The van der Waals surface area contributed by atoms with E-state index in [1.165, 1.54) is 0 Å². The smallest absolute Gasteiger partial charge is 0.294 e. The van der Waals surface area contributed by atoms with Crippen LogP contribution in [0.1, 0.15) is 5.56 Å². The molecule has 2 fully saturated rings. The quantitative estimate of drug-likeness (QED) is 0.500. The van der Waals surface area contributed by atoms with Crippen molar-refractivity contribution >= 4 is 57.0 Å². The Kier molecular flexibility index (Phi) is 6.92. The van der Waals surface area contributed by atoms with Crippen molar-refractivity contribution in [3.05, 3.63) is 71.1 Å². The molecule has 3 aromatic rings. The molecule has 8 nitrogen and oxygen atoms in total. The van der Waals surface area contributed by atoms with Crippen LogP contribution in [0.5, 0.6) is 5.75 Å². The molecule has 3 amide bonds. The van der Waals surface area contributed by atoms with Crippen LogP contribution in [0.2, 0.25) is 0 Å². The van der Waals surface area contributed by atoms with Crippen molar-refractivity contribution in [2.75, 3.05) is 50.2 Å². The lowest BCUT2D eigenvalue weighted by Gasteiger charge is -2.30. The number of morpholine rings is 1. The van der Waals surface area contributed by atoms with E-state index in [1.807, 2.05) is 60.7 Å². The van der Waals surface area contributed by atoms with Gasteiger partial charge in [-0.05, 0) is 47.0 Å². The van der Waals surface area contributed by atoms with E-state index < -0.39 is 17.1 Å². The van der Waals surface area contributed by atoms with Gasteiger partial charge in [-0.2, -0.15) is 0 Å². The topological polar surface area (TPSA) is 88.2 Å². The summed E-state index contributed by atoms with van der Waals surface area (Å²) in [6, 6.07) is 18.9. The number of hydrogen-bond donors (Lipinski definition) is 1.